The van der Waals surface area contributed by atoms with Gasteiger partial charge in [-0.15, -0.1) is 0 Å². The van der Waals surface area contributed by atoms with Crippen molar-refractivity contribution in [3.8, 4) is 0 Å². The summed E-state index contributed by atoms with van der Waals surface area (Å²) in [5.41, 5.74) is 0. The predicted molar refractivity (Wildman–Crippen MR) is 61.5 cm³/mol. The Balaban J connectivity index is 2.21. The minimum Gasteiger partial charge on any atom is -0.480 e. The van der Waals surface area contributed by atoms with Crippen LogP contribution in [0.5, 0.6) is 0 Å². The SMILES string of the molecule is O=C(CCC1CCCCN1)N[C@@H](CO)C(=O)O. The van der Waals surface area contributed by atoms with Gasteiger partial charge in [0.25, 0.3) is 0 Å². The molecule has 0 aromatic carbocycles. The van der Waals surface area contributed by atoms with Crippen LogP contribution in [0.4, 0.5) is 0 Å². The molecule has 17 heavy (non-hydrogen) atoms. The molecule has 4 N–H and O–H groups in total. The number of hydrogen-bond acceptors (Lipinski definition) is 4. The van der Waals surface area contributed by atoms with Crippen molar-refractivity contribution >= 4 is 11.9 Å². The molecule has 0 aromatic heterocycles. The van der Waals surface area contributed by atoms with Gasteiger partial charge in [-0.3, -0.25) is 4.79 Å². The third-order valence-corrected chi connectivity index (χ3v) is 2.95. The Morgan fingerprint density at radius 1 is 1.41 bits per heavy atom. The lowest BCUT2D eigenvalue weighted by Gasteiger charge is -2.23. The summed E-state index contributed by atoms with van der Waals surface area (Å²) >= 11 is 0. The number of aliphatic carboxylic acids is 1. The molecule has 0 aliphatic carbocycles. The van der Waals surface area contributed by atoms with Gasteiger partial charge in [0.1, 0.15) is 6.04 Å². The number of carboxylic acids is 1. The van der Waals surface area contributed by atoms with E-state index in [2.05, 4.69) is 10.6 Å². The fourth-order valence-electron chi connectivity index (χ4n) is 1.93. The second kappa shape index (κ2) is 7.24. The molecule has 0 bridgehead atoms. The number of carboxylic acid groups (broad SMARTS) is 1. The lowest BCUT2D eigenvalue weighted by molar-refractivity contribution is -0.143. The van der Waals surface area contributed by atoms with E-state index in [1.165, 1.54) is 12.8 Å². The molecular formula is C11H20N2O4. The highest BCUT2D eigenvalue weighted by molar-refractivity contribution is 5.83. The van der Waals surface area contributed by atoms with Crippen LogP contribution in [-0.2, 0) is 9.59 Å². The molecule has 1 saturated heterocycles. The van der Waals surface area contributed by atoms with Crippen molar-refractivity contribution in [1.82, 2.24) is 10.6 Å². The van der Waals surface area contributed by atoms with Crippen molar-refractivity contribution in [2.24, 2.45) is 0 Å². The summed E-state index contributed by atoms with van der Waals surface area (Å²) in [6.45, 7) is 0.406. The quantitative estimate of drug-likeness (QED) is 0.503. The summed E-state index contributed by atoms with van der Waals surface area (Å²) in [6, 6.07) is -0.839. The van der Waals surface area contributed by atoms with Crippen LogP contribution in [0.25, 0.3) is 0 Å². The van der Waals surface area contributed by atoms with Crippen LogP contribution in [0.2, 0.25) is 0 Å². The standard InChI is InChI=1S/C11H20N2O4/c14-7-9(11(16)17)13-10(15)5-4-8-3-1-2-6-12-8/h8-9,12,14H,1-7H2,(H,13,15)(H,16,17)/t8?,9-/m0/s1. The smallest absolute Gasteiger partial charge is 0.328 e. The summed E-state index contributed by atoms with van der Waals surface area (Å²) < 4.78 is 0. The molecule has 1 aliphatic heterocycles. The zero-order valence-electron chi connectivity index (χ0n) is 9.82. The number of hydrogen-bond donors (Lipinski definition) is 4. The number of aliphatic hydroxyl groups is 1. The predicted octanol–water partition coefficient (Wildman–Crippen LogP) is -0.530. The molecule has 1 unspecified atom stereocenters. The molecule has 1 amide bonds. The lowest BCUT2D eigenvalue weighted by atomic mass is 10.0. The number of carbonyl (C=O) groups is 2. The van der Waals surface area contributed by atoms with Crippen LogP contribution in [-0.4, -0.2) is 47.3 Å². The Kier molecular flexibility index (Phi) is 5.93. The summed E-state index contributed by atoms with van der Waals surface area (Å²) in [6.07, 6.45) is 4.42. The van der Waals surface area contributed by atoms with Crippen LogP contribution in [0.3, 0.4) is 0 Å². The van der Waals surface area contributed by atoms with E-state index in [4.69, 9.17) is 10.2 Å². The Hall–Kier alpha value is -1.14. The zero-order valence-corrected chi connectivity index (χ0v) is 9.82. The van der Waals surface area contributed by atoms with Gasteiger partial charge in [-0.1, -0.05) is 6.42 Å². The fraction of sp³-hybridized carbons (Fsp3) is 0.818. The van der Waals surface area contributed by atoms with E-state index in [-0.39, 0.29) is 5.91 Å². The molecule has 1 rings (SSSR count). The van der Waals surface area contributed by atoms with Gasteiger partial charge < -0.3 is 20.8 Å². The molecule has 2 atom stereocenters. The third kappa shape index (κ3) is 5.14. The highest BCUT2D eigenvalue weighted by atomic mass is 16.4. The van der Waals surface area contributed by atoms with E-state index >= 15 is 0 Å². The maximum Gasteiger partial charge on any atom is 0.328 e. The van der Waals surface area contributed by atoms with Crippen molar-refractivity contribution in [2.45, 2.75) is 44.2 Å². The van der Waals surface area contributed by atoms with Crippen LogP contribution < -0.4 is 10.6 Å². The number of rotatable bonds is 6. The summed E-state index contributed by atoms with van der Waals surface area (Å²) in [4.78, 5) is 22.0. The van der Waals surface area contributed by atoms with E-state index < -0.39 is 18.6 Å². The Morgan fingerprint density at radius 2 is 2.18 bits per heavy atom. The van der Waals surface area contributed by atoms with Gasteiger partial charge in [0.05, 0.1) is 6.61 Å². The third-order valence-electron chi connectivity index (χ3n) is 2.95. The van der Waals surface area contributed by atoms with E-state index in [0.29, 0.717) is 18.9 Å². The number of nitrogens with one attached hydrogen (secondary N) is 2. The van der Waals surface area contributed by atoms with Crippen LogP contribution in [0, 0.1) is 0 Å². The maximum atomic E-state index is 11.4. The second-order valence-electron chi connectivity index (χ2n) is 4.33. The Morgan fingerprint density at radius 3 is 2.71 bits per heavy atom. The first-order valence-corrected chi connectivity index (χ1v) is 6.00. The molecule has 0 saturated carbocycles. The highest BCUT2D eigenvalue weighted by Gasteiger charge is 2.19. The number of carbonyl (C=O) groups excluding carboxylic acids is 1. The lowest BCUT2D eigenvalue weighted by Crippen LogP contribution is -2.44. The van der Waals surface area contributed by atoms with Crippen molar-refractivity contribution in [2.75, 3.05) is 13.2 Å². The van der Waals surface area contributed by atoms with Crippen molar-refractivity contribution < 1.29 is 19.8 Å². The molecule has 0 aromatic rings. The first-order chi connectivity index (χ1) is 8.13. The van der Waals surface area contributed by atoms with Gasteiger partial charge in [-0.05, 0) is 25.8 Å². The summed E-state index contributed by atoms with van der Waals surface area (Å²) in [5, 5.41) is 23.0. The molecule has 1 heterocycles. The average molecular weight is 244 g/mol. The molecule has 6 heteroatoms. The van der Waals surface area contributed by atoms with Crippen LogP contribution in [0.15, 0.2) is 0 Å². The van der Waals surface area contributed by atoms with Crippen molar-refractivity contribution in [3.63, 3.8) is 0 Å². The molecule has 1 fully saturated rings. The monoisotopic (exact) mass is 244 g/mol. The van der Waals surface area contributed by atoms with Crippen LogP contribution >= 0.6 is 0 Å². The van der Waals surface area contributed by atoms with Gasteiger partial charge in [0.2, 0.25) is 5.91 Å². The fourth-order valence-corrected chi connectivity index (χ4v) is 1.93. The minimum absolute atomic E-state index is 0.293. The molecule has 0 radical (unpaired) electrons. The Bertz CT molecular complexity index is 264. The molecule has 0 spiro atoms. The average Bonchev–Trinajstić information content (AvgIpc) is 2.34. The highest BCUT2D eigenvalue weighted by Crippen LogP contribution is 2.11. The second-order valence-corrected chi connectivity index (χ2v) is 4.33. The number of aliphatic hydroxyl groups excluding tert-OH is 1. The molecular weight excluding hydrogens is 224 g/mol. The van der Waals surface area contributed by atoms with E-state index in [0.717, 1.165) is 13.0 Å². The van der Waals surface area contributed by atoms with Crippen molar-refractivity contribution in [3.05, 3.63) is 0 Å². The molecule has 6 nitrogen and oxygen atoms in total. The van der Waals surface area contributed by atoms with Crippen molar-refractivity contribution in [1.29, 1.82) is 0 Å². The summed E-state index contributed by atoms with van der Waals surface area (Å²) in [5.74, 6) is -1.53. The van der Waals surface area contributed by atoms with Crippen LogP contribution in [0.1, 0.15) is 32.1 Å². The molecule has 1 aliphatic rings. The van der Waals surface area contributed by atoms with E-state index in [9.17, 15) is 9.59 Å². The normalized spacial score (nSPS) is 21.8. The number of amides is 1. The number of piperidine rings is 1. The zero-order chi connectivity index (χ0) is 12.7. The topological polar surface area (TPSA) is 98.7 Å². The Labute approximate surface area is 100 Å². The van der Waals surface area contributed by atoms with Gasteiger partial charge in [0.15, 0.2) is 0 Å². The van der Waals surface area contributed by atoms with Gasteiger partial charge in [-0.25, -0.2) is 4.79 Å². The van der Waals surface area contributed by atoms with Gasteiger partial charge >= 0.3 is 5.97 Å². The molecule has 98 valence electrons. The van der Waals surface area contributed by atoms with Gasteiger partial charge in [-0.2, -0.15) is 0 Å². The van der Waals surface area contributed by atoms with E-state index in [1.54, 1.807) is 0 Å². The first-order valence-electron chi connectivity index (χ1n) is 6.00. The van der Waals surface area contributed by atoms with Gasteiger partial charge in [0, 0.05) is 12.5 Å². The first kappa shape index (κ1) is 13.9. The largest absolute Gasteiger partial charge is 0.480 e. The minimum atomic E-state index is -1.21. The van der Waals surface area contributed by atoms with E-state index in [1.807, 2.05) is 0 Å². The maximum absolute atomic E-state index is 11.4. The summed E-state index contributed by atoms with van der Waals surface area (Å²) in [7, 11) is 0.